The summed E-state index contributed by atoms with van der Waals surface area (Å²) >= 11 is 0. The average Bonchev–Trinajstić information content (AvgIpc) is 3.09. The molecule has 1 aliphatic heterocycles. The predicted octanol–water partition coefficient (Wildman–Crippen LogP) is 1.64. The van der Waals surface area contributed by atoms with E-state index in [0.717, 1.165) is 42.8 Å². The van der Waals surface area contributed by atoms with Crippen molar-refractivity contribution in [1.82, 2.24) is 0 Å². The molecule has 1 atom stereocenters. The molecule has 0 aliphatic carbocycles. The Bertz CT molecular complexity index is 853. The van der Waals surface area contributed by atoms with Gasteiger partial charge in [0.15, 0.2) is 0 Å². The number of fused-ring (bicyclic) bond motifs is 1. The molecular weight excluding hydrogens is 318 g/mol. The molecule has 5 nitrogen and oxygen atoms in total. The average molecular weight is 340 g/mol. The van der Waals surface area contributed by atoms with Gasteiger partial charge in [-0.3, -0.25) is 0 Å². The Kier molecular flexibility index (Phi) is 4.44. The van der Waals surface area contributed by atoms with E-state index in [-0.39, 0.29) is 5.75 Å². The first-order valence-electron chi connectivity index (χ1n) is 8.60. The van der Waals surface area contributed by atoms with Crippen LogP contribution in [0.25, 0.3) is 11.0 Å². The zero-order chi connectivity index (χ0) is 17.2. The third-order valence-corrected chi connectivity index (χ3v) is 4.89. The van der Waals surface area contributed by atoms with Crippen LogP contribution in [0.5, 0.6) is 5.75 Å². The molecule has 1 aliphatic rings. The fraction of sp³-hybridized carbons (Fsp3) is 0.300. The van der Waals surface area contributed by atoms with E-state index in [1.807, 2.05) is 30.3 Å². The summed E-state index contributed by atoms with van der Waals surface area (Å²) in [4.78, 5) is 1.36. The first-order valence-corrected chi connectivity index (χ1v) is 8.60. The normalized spacial score (nSPS) is 17.0. The van der Waals surface area contributed by atoms with Crippen LogP contribution in [-0.2, 0) is 11.3 Å². The maximum absolute atomic E-state index is 10.8. The van der Waals surface area contributed by atoms with Gasteiger partial charge < -0.3 is 24.3 Å². The lowest BCUT2D eigenvalue weighted by atomic mass is 9.97. The van der Waals surface area contributed by atoms with E-state index in [1.165, 1.54) is 4.90 Å². The lowest BCUT2D eigenvalue weighted by molar-refractivity contribution is -0.921. The van der Waals surface area contributed by atoms with Crippen LogP contribution in [0.3, 0.4) is 0 Å². The number of aliphatic hydroxyl groups excluding tert-OH is 1. The Labute approximate surface area is 146 Å². The quantitative estimate of drug-likeness (QED) is 0.675. The number of aliphatic hydroxyl groups is 1. The topological polar surface area (TPSA) is 67.3 Å². The first-order chi connectivity index (χ1) is 12.2. The fourth-order valence-corrected chi connectivity index (χ4v) is 3.50. The maximum Gasteiger partial charge on any atom is 0.135 e. The zero-order valence-electron chi connectivity index (χ0n) is 13.9. The monoisotopic (exact) mass is 340 g/mol. The van der Waals surface area contributed by atoms with Gasteiger partial charge in [0, 0.05) is 10.9 Å². The molecule has 5 heteroatoms. The fourth-order valence-electron chi connectivity index (χ4n) is 3.50. The molecule has 2 aromatic carbocycles. The van der Waals surface area contributed by atoms with Gasteiger partial charge in [-0.25, -0.2) is 0 Å². The van der Waals surface area contributed by atoms with Crippen LogP contribution in [-0.4, -0.2) is 36.5 Å². The van der Waals surface area contributed by atoms with E-state index in [2.05, 4.69) is 0 Å². The summed E-state index contributed by atoms with van der Waals surface area (Å²) in [5.41, 5.74) is 3.01. The van der Waals surface area contributed by atoms with Crippen molar-refractivity contribution >= 4 is 11.0 Å². The van der Waals surface area contributed by atoms with Crippen LogP contribution in [0.1, 0.15) is 22.8 Å². The van der Waals surface area contributed by atoms with Crippen molar-refractivity contribution < 1.29 is 24.3 Å². The minimum atomic E-state index is -0.789. The summed E-state index contributed by atoms with van der Waals surface area (Å²) < 4.78 is 11.1. The molecule has 3 aromatic rings. The highest BCUT2D eigenvalue weighted by atomic mass is 16.5. The summed E-state index contributed by atoms with van der Waals surface area (Å²) in [7, 11) is 0. The van der Waals surface area contributed by atoms with Crippen molar-refractivity contribution in [3.05, 3.63) is 65.4 Å². The van der Waals surface area contributed by atoms with E-state index in [9.17, 15) is 10.2 Å². The minimum absolute atomic E-state index is 0.245. The van der Waals surface area contributed by atoms with Gasteiger partial charge >= 0.3 is 0 Å². The molecule has 25 heavy (non-hydrogen) atoms. The lowest BCUT2D eigenvalue weighted by Crippen LogP contribution is -3.12. The summed E-state index contributed by atoms with van der Waals surface area (Å²) in [6.07, 6.45) is 0.808. The first kappa shape index (κ1) is 16.1. The standard InChI is InChI=1S/C20H21NO4/c22-17-6-7-18-19(15(17)12-21-8-10-24-11-9-21)16(13-25-18)20(23)14-4-2-1-3-5-14/h1-7,13,20,22-23H,8-12H2/p+1/t20-/m0/s1. The van der Waals surface area contributed by atoms with Crippen molar-refractivity contribution in [2.45, 2.75) is 12.6 Å². The number of phenolic OH excluding ortho intramolecular Hbond substituents is 1. The molecule has 0 spiro atoms. The SMILES string of the molecule is Oc1ccc2occ([C@@H](O)c3ccccc3)c2c1C[NH+]1CCOCC1. The third-order valence-electron chi connectivity index (χ3n) is 4.89. The Balaban J connectivity index is 1.76. The predicted molar refractivity (Wildman–Crippen MR) is 93.6 cm³/mol. The van der Waals surface area contributed by atoms with Gasteiger partial charge in [-0.2, -0.15) is 0 Å². The molecule has 0 radical (unpaired) electrons. The van der Waals surface area contributed by atoms with Gasteiger partial charge in [0.2, 0.25) is 0 Å². The van der Waals surface area contributed by atoms with Gasteiger partial charge in [0.25, 0.3) is 0 Å². The van der Waals surface area contributed by atoms with Crippen molar-refractivity contribution in [3.63, 3.8) is 0 Å². The van der Waals surface area contributed by atoms with E-state index < -0.39 is 6.10 Å². The van der Waals surface area contributed by atoms with Gasteiger partial charge in [0.1, 0.15) is 37.1 Å². The number of morpholine rings is 1. The van der Waals surface area contributed by atoms with Crippen LogP contribution in [0.15, 0.2) is 53.1 Å². The second-order valence-corrected chi connectivity index (χ2v) is 6.48. The number of ether oxygens (including phenoxy) is 1. The number of quaternary nitrogens is 1. The summed E-state index contributed by atoms with van der Waals surface area (Å²) in [6, 6.07) is 12.9. The van der Waals surface area contributed by atoms with Crippen LogP contribution in [0.4, 0.5) is 0 Å². The number of furan rings is 1. The van der Waals surface area contributed by atoms with Crippen molar-refractivity contribution in [3.8, 4) is 5.75 Å². The van der Waals surface area contributed by atoms with Crippen LogP contribution in [0, 0.1) is 0 Å². The highest BCUT2D eigenvalue weighted by Crippen LogP contribution is 2.36. The lowest BCUT2D eigenvalue weighted by Gasteiger charge is -2.24. The summed E-state index contributed by atoms with van der Waals surface area (Å²) in [5, 5.41) is 22.1. The molecule has 4 rings (SSSR count). The molecule has 1 aromatic heterocycles. The van der Waals surface area contributed by atoms with Crippen LogP contribution < -0.4 is 4.90 Å². The number of benzene rings is 2. The van der Waals surface area contributed by atoms with Crippen molar-refractivity contribution in [2.75, 3.05) is 26.3 Å². The van der Waals surface area contributed by atoms with E-state index in [4.69, 9.17) is 9.15 Å². The number of hydrogen-bond donors (Lipinski definition) is 3. The Hall–Kier alpha value is -2.34. The maximum atomic E-state index is 10.8. The van der Waals surface area contributed by atoms with Crippen LogP contribution in [0.2, 0.25) is 0 Å². The largest absolute Gasteiger partial charge is 0.507 e. The molecule has 0 unspecified atom stereocenters. The summed E-state index contributed by atoms with van der Waals surface area (Å²) in [6.45, 7) is 3.96. The van der Waals surface area contributed by atoms with Crippen molar-refractivity contribution in [1.29, 1.82) is 0 Å². The summed E-state index contributed by atoms with van der Waals surface area (Å²) in [5.74, 6) is 0.245. The van der Waals surface area contributed by atoms with Crippen LogP contribution >= 0.6 is 0 Å². The minimum Gasteiger partial charge on any atom is -0.507 e. The van der Waals surface area contributed by atoms with Gasteiger partial charge in [-0.1, -0.05) is 30.3 Å². The molecule has 3 N–H and O–H groups in total. The van der Waals surface area contributed by atoms with E-state index >= 15 is 0 Å². The number of nitrogens with one attached hydrogen (secondary N) is 1. The molecule has 130 valence electrons. The second kappa shape index (κ2) is 6.88. The molecule has 0 amide bonds. The molecule has 1 fully saturated rings. The van der Waals surface area contributed by atoms with E-state index in [1.54, 1.807) is 18.4 Å². The Morgan fingerprint density at radius 3 is 2.56 bits per heavy atom. The van der Waals surface area contributed by atoms with E-state index in [0.29, 0.717) is 17.7 Å². The Morgan fingerprint density at radius 1 is 1.04 bits per heavy atom. The molecular formula is C20H22NO4+. The molecule has 1 saturated heterocycles. The molecule has 0 bridgehead atoms. The van der Waals surface area contributed by atoms with Gasteiger partial charge in [0.05, 0.1) is 25.0 Å². The number of phenols is 1. The number of rotatable bonds is 4. The highest BCUT2D eigenvalue weighted by molar-refractivity contribution is 5.87. The second-order valence-electron chi connectivity index (χ2n) is 6.48. The van der Waals surface area contributed by atoms with Gasteiger partial charge in [-0.05, 0) is 17.7 Å². The smallest absolute Gasteiger partial charge is 0.135 e. The zero-order valence-corrected chi connectivity index (χ0v) is 13.9. The third kappa shape index (κ3) is 3.14. The van der Waals surface area contributed by atoms with Gasteiger partial charge in [-0.15, -0.1) is 0 Å². The number of aromatic hydroxyl groups is 1. The Morgan fingerprint density at radius 2 is 1.80 bits per heavy atom. The van der Waals surface area contributed by atoms with Crippen molar-refractivity contribution in [2.24, 2.45) is 0 Å². The highest BCUT2D eigenvalue weighted by Gasteiger charge is 2.24. The molecule has 0 saturated carbocycles. The number of hydrogen-bond acceptors (Lipinski definition) is 4. The molecule has 2 heterocycles.